The molecule has 4 nitrogen and oxygen atoms in total. The van der Waals surface area contributed by atoms with Crippen molar-refractivity contribution in [3.05, 3.63) is 0 Å². The van der Waals surface area contributed by atoms with E-state index in [1.165, 1.54) is 0 Å². The molecule has 0 aromatic rings. The van der Waals surface area contributed by atoms with Crippen LogP contribution in [0.5, 0.6) is 0 Å². The fraction of sp³-hybridized carbons (Fsp3) is 1.00. The summed E-state index contributed by atoms with van der Waals surface area (Å²) >= 11 is 5.30. The molecule has 0 atom stereocenters. The first-order valence-corrected chi connectivity index (χ1v) is 6.16. The normalized spacial score (nSPS) is 13.2. The molecule has 0 rings (SSSR count). The molecule has 0 amide bonds. The lowest BCUT2D eigenvalue weighted by molar-refractivity contribution is 0.163. The van der Waals surface area contributed by atoms with Crippen molar-refractivity contribution in [1.82, 2.24) is 4.72 Å². The average Bonchev–Trinajstić information content (AvgIpc) is 2.02. The van der Waals surface area contributed by atoms with Gasteiger partial charge < -0.3 is 5.11 Å². The number of sulfonamides is 1. The molecule has 0 heterocycles. The van der Waals surface area contributed by atoms with Crippen molar-refractivity contribution in [3.8, 4) is 0 Å². The van der Waals surface area contributed by atoms with Gasteiger partial charge in [-0.1, -0.05) is 13.8 Å². The van der Waals surface area contributed by atoms with Crippen LogP contribution in [0, 0.1) is 5.41 Å². The first kappa shape index (κ1) is 13.2. The van der Waals surface area contributed by atoms with Gasteiger partial charge in [0.05, 0.1) is 5.75 Å². The second kappa shape index (κ2) is 5.14. The maximum atomic E-state index is 11.1. The van der Waals surface area contributed by atoms with Crippen molar-refractivity contribution >= 4 is 21.6 Å². The maximum absolute atomic E-state index is 11.1. The summed E-state index contributed by atoms with van der Waals surface area (Å²) in [6, 6.07) is 0. The van der Waals surface area contributed by atoms with E-state index in [4.69, 9.17) is 16.7 Å². The van der Waals surface area contributed by atoms with E-state index in [0.29, 0.717) is 0 Å². The Balaban J connectivity index is 4.02. The molecule has 6 heteroatoms. The third-order valence-corrected chi connectivity index (χ3v) is 3.28. The highest BCUT2D eigenvalue weighted by Crippen LogP contribution is 2.11. The van der Waals surface area contributed by atoms with E-state index in [9.17, 15) is 8.42 Å². The van der Waals surface area contributed by atoms with Crippen molar-refractivity contribution in [3.63, 3.8) is 0 Å². The van der Waals surface area contributed by atoms with Gasteiger partial charge >= 0.3 is 0 Å². The number of halogens is 1. The zero-order valence-corrected chi connectivity index (χ0v) is 9.45. The molecule has 0 aliphatic heterocycles. The Hall–Kier alpha value is 0.160. The Morgan fingerprint density at radius 3 is 2.38 bits per heavy atom. The largest absolute Gasteiger partial charge is 0.396 e. The number of aliphatic hydroxyl groups excluding tert-OH is 1. The minimum atomic E-state index is -3.27. The lowest BCUT2D eigenvalue weighted by Gasteiger charge is -2.21. The third-order valence-electron chi connectivity index (χ3n) is 1.54. The Kier molecular flexibility index (Phi) is 5.21. The lowest BCUT2D eigenvalue weighted by Crippen LogP contribution is -2.37. The molecule has 80 valence electrons. The summed E-state index contributed by atoms with van der Waals surface area (Å²) in [5, 5.41) is 8.86. The van der Waals surface area contributed by atoms with Crippen LogP contribution in [0.1, 0.15) is 13.8 Å². The average molecular weight is 230 g/mol. The topological polar surface area (TPSA) is 66.4 Å². The molecular formula is C7H16ClNO3S. The number of nitrogens with one attached hydrogen (secondary N) is 1. The highest BCUT2D eigenvalue weighted by molar-refractivity contribution is 7.89. The molecule has 0 aromatic heterocycles. The summed E-state index contributed by atoms with van der Waals surface area (Å²) in [7, 11) is -3.27. The highest BCUT2D eigenvalue weighted by Gasteiger charge is 2.19. The molecule has 0 saturated heterocycles. The number of aliphatic hydroxyl groups is 1. The van der Waals surface area contributed by atoms with Crippen molar-refractivity contribution in [2.24, 2.45) is 5.41 Å². The van der Waals surface area contributed by atoms with Crippen LogP contribution in [0.2, 0.25) is 0 Å². The Labute approximate surface area is 84.3 Å². The van der Waals surface area contributed by atoms with Crippen molar-refractivity contribution in [2.75, 3.05) is 24.8 Å². The fourth-order valence-corrected chi connectivity index (χ4v) is 2.10. The van der Waals surface area contributed by atoms with Crippen LogP contribution < -0.4 is 4.72 Å². The van der Waals surface area contributed by atoms with E-state index >= 15 is 0 Å². The Morgan fingerprint density at radius 1 is 1.46 bits per heavy atom. The number of hydrogen-bond acceptors (Lipinski definition) is 3. The van der Waals surface area contributed by atoms with Gasteiger partial charge in [0.25, 0.3) is 0 Å². The summed E-state index contributed by atoms with van der Waals surface area (Å²) in [4.78, 5) is 0. The Morgan fingerprint density at radius 2 is 2.00 bits per heavy atom. The SMILES string of the molecule is CC(C)(CO)CNS(=O)(=O)CCCl. The summed E-state index contributed by atoms with van der Waals surface area (Å²) in [6.07, 6.45) is 0. The van der Waals surface area contributed by atoms with Gasteiger partial charge in [0.1, 0.15) is 0 Å². The summed E-state index contributed by atoms with van der Waals surface area (Å²) in [5.41, 5.74) is -0.431. The molecule has 0 bridgehead atoms. The first-order chi connectivity index (χ1) is 5.83. The molecule has 0 aliphatic carbocycles. The van der Waals surface area contributed by atoms with Gasteiger partial charge in [-0.25, -0.2) is 13.1 Å². The van der Waals surface area contributed by atoms with Crippen LogP contribution in [-0.4, -0.2) is 38.3 Å². The van der Waals surface area contributed by atoms with Gasteiger partial charge in [-0.2, -0.15) is 0 Å². The van der Waals surface area contributed by atoms with Crippen molar-refractivity contribution < 1.29 is 13.5 Å². The van der Waals surface area contributed by atoms with Crippen LogP contribution in [0.3, 0.4) is 0 Å². The van der Waals surface area contributed by atoms with Crippen molar-refractivity contribution in [2.45, 2.75) is 13.8 Å². The first-order valence-electron chi connectivity index (χ1n) is 3.97. The summed E-state index contributed by atoms with van der Waals surface area (Å²) in [5.74, 6) is -0.00898. The lowest BCUT2D eigenvalue weighted by atomic mass is 9.96. The molecule has 0 spiro atoms. The van der Waals surface area contributed by atoms with Gasteiger partial charge in [-0.15, -0.1) is 11.6 Å². The van der Waals surface area contributed by atoms with E-state index in [-0.39, 0.29) is 24.8 Å². The molecule has 0 aromatic carbocycles. The third kappa shape index (κ3) is 6.26. The predicted octanol–water partition coefficient (Wildman–Crippen LogP) is 0.163. The summed E-state index contributed by atoms with van der Waals surface area (Å²) in [6.45, 7) is 3.71. The molecule has 2 N–H and O–H groups in total. The van der Waals surface area contributed by atoms with Crippen LogP contribution in [0.15, 0.2) is 0 Å². The smallest absolute Gasteiger partial charge is 0.212 e. The molecule has 0 fully saturated rings. The number of rotatable bonds is 6. The molecule has 0 unspecified atom stereocenters. The second-order valence-corrected chi connectivity index (χ2v) is 5.96. The molecule has 0 radical (unpaired) electrons. The van der Waals surface area contributed by atoms with E-state index in [0.717, 1.165) is 0 Å². The van der Waals surface area contributed by atoms with E-state index in [1.54, 1.807) is 13.8 Å². The second-order valence-electron chi connectivity index (χ2n) is 3.65. The van der Waals surface area contributed by atoms with Crippen LogP contribution in [-0.2, 0) is 10.0 Å². The monoisotopic (exact) mass is 229 g/mol. The number of alkyl halides is 1. The standard InChI is InChI=1S/C7H16ClNO3S/c1-7(2,6-10)5-9-13(11,12)4-3-8/h9-10H,3-6H2,1-2H3. The minimum absolute atomic E-state index is 0.0591. The molecular weight excluding hydrogens is 214 g/mol. The van der Waals surface area contributed by atoms with Gasteiger partial charge in [0.2, 0.25) is 10.0 Å². The van der Waals surface area contributed by atoms with Gasteiger partial charge in [0.15, 0.2) is 0 Å². The number of hydrogen-bond donors (Lipinski definition) is 2. The van der Waals surface area contributed by atoms with E-state index in [1.807, 2.05) is 0 Å². The van der Waals surface area contributed by atoms with Crippen LogP contribution in [0.25, 0.3) is 0 Å². The van der Waals surface area contributed by atoms with Crippen LogP contribution in [0.4, 0.5) is 0 Å². The van der Waals surface area contributed by atoms with Gasteiger partial charge in [0, 0.05) is 24.4 Å². The Bertz CT molecular complexity index is 238. The van der Waals surface area contributed by atoms with E-state index in [2.05, 4.69) is 4.72 Å². The zero-order valence-electron chi connectivity index (χ0n) is 7.88. The highest BCUT2D eigenvalue weighted by atomic mass is 35.5. The minimum Gasteiger partial charge on any atom is -0.396 e. The van der Waals surface area contributed by atoms with Gasteiger partial charge in [-0.3, -0.25) is 0 Å². The molecule has 0 aliphatic rings. The molecule has 0 saturated carbocycles. The van der Waals surface area contributed by atoms with Gasteiger partial charge in [-0.05, 0) is 0 Å². The van der Waals surface area contributed by atoms with Crippen molar-refractivity contribution in [1.29, 1.82) is 0 Å². The quantitative estimate of drug-likeness (QED) is 0.638. The fourth-order valence-electron chi connectivity index (χ4n) is 0.535. The van der Waals surface area contributed by atoms with E-state index < -0.39 is 15.4 Å². The predicted molar refractivity (Wildman–Crippen MR) is 53.4 cm³/mol. The molecule has 13 heavy (non-hydrogen) atoms. The zero-order chi connectivity index (χ0) is 10.5. The summed E-state index contributed by atoms with van der Waals surface area (Å²) < 4.78 is 24.6. The maximum Gasteiger partial charge on any atom is 0.212 e. The van der Waals surface area contributed by atoms with Crippen LogP contribution >= 0.6 is 11.6 Å².